The minimum atomic E-state index is -1.58. The van der Waals surface area contributed by atoms with Gasteiger partial charge in [0, 0.05) is 43.4 Å². The van der Waals surface area contributed by atoms with Gasteiger partial charge >= 0.3 is 0 Å². The van der Waals surface area contributed by atoms with E-state index in [0.29, 0.717) is 0 Å². The van der Waals surface area contributed by atoms with E-state index in [4.69, 9.17) is 9.40 Å². The Morgan fingerprint density at radius 3 is 2.21 bits per heavy atom. The second-order valence-electron chi connectivity index (χ2n) is 14.5. The van der Waals surface area contributed by atoms with Crippen LogP contribution in [0.4, 0.5) is 0 Å². The minimum Gasteiger partial charge on any atom is -0.512 e. The molecule has 47 heavy (non-hydrogen) atoms. The maximum absolute atomic E-state index is 11.7. The molecule has 1 radical (unpaired) electrons. The number of furan rings is 1. The van der Waals surface area contributed by atoms with Crippen molar-refractivity contribution >= 4 is 51.9 Å². The van der Waals surface area contributed by atoms with Gasteiger partial charge in [-0.1, -0.05) is 108 Å². The zero-order valence-electron chi connectivity index (χ0n) is 29.7. The zero-order valence-corrected chi connectivity index (χ0v) is 33.1. The van der Waals surface area contributed by atoms with Gasteiger partial charge in [0.05, 0.1) is 24.9 Å². The summed E-state index contributed by atoms with van der Waals surface area (Å²) in [6, 6.07) is 21.1. The van der Waals surface area contributed by atoms with Crippen LogP contribution in [0.1, 0.15) is 83.9 Å². The number of carbonyl (C=O) groups is 1. The average Bonchev–Trinajstić information content (AvgIpc) is 3.37. The van der Waals surface area contributed by atoms with Gasteiger partial charge in [-0.15, -0.1) is 17.7 Å². The van der Waals surface area contributed by atoms with E-state index in [1.807, 2.05) is 33.8 Å². The zero-order chi connectivity index (χ0) is 33.6. The molecule has 1 aliphatic rings. The van der Waals surface area contributed by atoms with E-state index < -0.39 is 8.07 Å². The van der Waals surface area contributed by atoms with Crippen LogP contribution in [0.3, 0.4) is 0 Å². The molecule has 0 saturated heterocycles. The largest absolute Gasteiger partial charge is 0.512 e. The molecule has 0 fully saturated rings. The third-order valence-electron chi connectivity index (χ3n) is 10.0. The quantitative estimate of drug-likeness (QED) is 0.0733. The topological polar surface area (TPSA) is 63.3 Å². The van der Waals surface area contributed by atoms with Crippen LogP contribution in [0.15, 0.2) is 64.8 Å². The number of fused-ring (bicyclic) bond motifs is 3. The number of aryl methyl sites for hydroxylation is 1. The Balaban J connectivity index is 0.000000269. The molecule has 6 heteroatoms. The summed E-state index contributed by atoms with van der Waals surface area (Å²) in [7, 11) is -1.58. The van der Waals surface area contributed by atoms with Gasteiger partial charge in [-0.2, -0.15) is 0 Å². The first-order valence-electron chi connectivity index (χ1n) is 17.0. The molecule has 3 aromatic carbocycles. The summed E-state index contributed by atoms with van der Waals surface area (Å²) in [6.45, 7) is 22.0. The van der Waals surface area contributed by atoms with Crippen molar-refractivity contribution in [3.8, 4) is 11.3 Å². The molecule has 0 spiro atoms. The third-order valence-corrected chi connectivity index (χ3v) is 12.0. The van der Waals surface area contributed by atoms with E-state index >= 15 is 0 Å². The van der Waals surface area contributed by atoms with Gasteiger partial charge in [-0.05, 0) is 72.0 Å². The Bertz CT molecular complexity index is 1960. The maximum Gasteiger partial charge on any atom is 0.162 e. The van der Waals surface area contributed by atoms with Crippen LogP contribution in [0.25, 0.3) is 44.1 Å². The number of pyridine rings is 1. The fourth-order valence-corrected chi connectivity index (χ4v) is 8.49. The SMILES string of the molecule is CCC(CC)C(=O)/C=C(\O)C(CC)CC.Cc1ccc2nc3c(cc2c1)C(C)(C)c1ccc([Si](C)(C)C)c2oc4cc[c-]c-3c4c12.[Ir]. The number of aliphatic hydroxyl groups excluding tert-OH is 1. The van der Waals surface area contributed by atoms with Gasteiger partial charge in [-0.25, -0.2) is 0 Å². The van der Waals surface area contributed by atoms with Crippen molar-refractivity contribution < 1.29 is 34.4 Å². The molecule has 5 aromatic rings. The van der Waals surface area contributed by atoms with Gasteiger partial charge in [0.2, 0.25) is 0 Å². The van der Waals surface area contributed by atoms with Crippen molar-refractivity contribution in [2.24, 2.45) is 11.8 Å². The Morgan fingerprint density at radius 1 is 0.936 bits per heavy atom. The van der Waals surface area contributed by atoms with Crippen molar-refractivity contribution in [1.29, 1.82) is 0 Å². The summed E-state index contributed by atoms with van der Waals surface area (Å²) >= 11 is 0. The van der Waals surface area contributed by atoms with Gasteiger partial charge in [0.25, 0.3) is 0 Å². The van der Waals surface area contributed by atoms with Crippen LogP contribution in [0.2, 0.25) is 19.6 Å². The molecule has 0 bridgehead atoms. The molecule has 0 aliphatic heterocycles. The monoisotopic (exact) mass is 825 g/mol. The summed E-state index contributed by atoms with van der Waals surface area (Å²) in [5.74, 6) is 0.547. The van der Waals surface area contributed by atoms with E-state index in [0.717, 1.165) is 53.6 Å². The van der Waals surface area contributed by atoms with Crippen LogP contribution in [-0.2, 0) is 30.3 Å². The standard InChI is InChI=1S/C28H26NOSi.C13H24O2.Ir/c1-16-10-12-21-17(14-16)15-20-26(29-21)18-8-7-9-22-24(18)25-19(28(20,2)3)11-13-23(27(25)30-22)31(4,5)6;1-5-10(6-2)12(14)9-13(15)11(7-3)8-4;/h7,9-15H,1-6H3;9-11,14H,5-8H2,1-4H3;/q-1;;/b;12-9-;. The van der Waals surface area contributed by atoms with Crippen LogP contribution in [-0.4, -0.2) is 23.9 Å². The second-order valence-corrected chi connectivity index (χ2v) is 19.6. The normalized spacial score (nSPS) is 13.9. The number of aliphatic hydroxyl groups is 1. The molecule has 2 aromatic heterocycles. The number of hydrogen-bond acceptors (Lipinski definition) is 4. The van der Waals surface area contributed by atoms with Gasteiger partial charge in [0.1, 0.15) is 5.58 Å². The molecule has 6 rings (SSSR count). The number of carbonyl (C=O) groups excluding carboxylic acids is 1. The molecule has 1 N–H and O–H groups in total. The predicted molar refractivity (Wildman–Crippen MR) is 197 cm³/mol. The number of benzene rings is 3. The van der Waals surface area contributed by atoms with E-state index in [1.54, 1.807) is 0 Å². The Labute approximate surface area is 295 Å². The van der Waals surface area contributed by atoms with E-state index in [-0.39, 0.29) is 48.9 Å². The Morgan fingerprint density at radius 2 is 1.60 bits per heavy atom. The van der Waals surface area contributed by atoms with Crippen molar-refractivity contribution in [3.05, 3.63) is 83.1 Å². The van der Waals surface area contributed by atoms with Gasteiger partial charge in [0.15, 0.2) is 5.78 Å². The number of nitrogens with zero attached hydrogens (tertiary/aromatic N) is 1. The fourth-order valence-electron chi connectivity index (χ4n) is 7.05. The van der Waals surface area contributed by atoms with Crippen molar-refractivity contribution in [3.63, 3.8) is 0 Å². The van der Waals surface area contributed by atoms with Crippen LogP contribution >= 0.6 is 0 Å². The minimum absolute atomic E-state index is 0. The summed E-state index contributed by atoms with van der Waals surface area (Å²) < 4.78 is 6.57. The van der Waals surface area contributed by atoms with Gasteiger partial charge in [-0.3, -0.25) is 9.78 Å². The van der Waals surface area contributed by atoms with E-state index in [2.05, 4.69) is 88.9 Å². The molecule has 2 heterocycles. The fraction of sp³-hybridized carbons (Fsp3) is 0.415. The number of ketones is 1. The van der Waals surface area contributed by atoms with Crippen molar-refractivity contribution in [2.75, 3.05) is 0 Å². The predicted octanol–water partition coefficient (Wildman–Crippen LogP) is 11.0. The summed E-state index contributed by atoms with van der Waals surface area (Å²) in [5.41, 5.74) is 8.74. The molecule has 1 aliphatic carbocycles. The first kappa shape index (κ1) is 36.8. The van der Waals surface area contributed by atoms with Crippen LogP contribution < -0.4 is 5.19 Å². The molecule has 251 valence electrons. The van der Waals surface area contributed by atoms with E-state index in [1.165, 1.54) is 44.1 Å². The molecule has 0 amide bonds. The smallest absolute Gasteiger partial charge is 0.162 e. The summed E-state index contributed by atoms with van der Waals surface area (Å²) in [6.07, 6.45) is 4.91. The number of rotatable bonds is 8. The molecule has 0 unspecified atom stereocenters. The molecular weight excluding hydrogens is 775 g/mol. The van der Waals surface area contributed by atoms with Gasteiger partial charge < -0.3 is 9.52 Å². The second kappa shape index (κ2) is 14.2. The third kappa shape index (κ3) is 6.79. The first-order valence-corrected chi connectivity index (χ1v) is 20.5. The van der Waals surface area contributed by atoms with Crippen LogP contribution in [0.5, 0.6) is 0 Å². The van der Waals surface area contributed by atoms with Crippen LogP contribution in [0, 0.1) is 24.8 Å². The number of hydrogen-bond donors (Lipinski definition) is 1. The molecule has 4 nitrogen and oxygen atoms in total. The first-order chi connectivity index (χ1) is 21.8. The molecule has 0 saturated carbocycles. The number of aromatic nitrogens is 1. The van der Waals surface area contributed by atoms with Crippen molar-refractivity contribution in [2.45, 2.75) is 99.2 Å². The molecular formula is C41H50IrNO3Si-. The molecule has 0 atom stereocenters. The Hall–Kier alpha value is -3.05. The summed E-state index contributed by atoms with van der Waals surface area (Å²) in [5, 5.41) is 14.8. The average molecular weight is 825 g/mol. The maximum atomic E-state index is 11.7. The number of allylic oxidation sites excluding steroid dienone is 2. The van der Waals surface area contributed by atoms with Crippen molar-refractivity contribution in [1.82, 2.24) is 4.98 Å². The Kier molecular flexibility index (Phi) is 11.1. The summed E-state index contributed by atoms with van der Waals surface area (Å²) in [4.78, 5) is 16.9. The van der Waals surface area contributed by atoms with E-state index in [9.17, 15) is 9.90 Å².